The van der Waals surface area contributed by atoms with Crippen LogP contribution in [0, 0.1) is 12.8 Å². The second-order valence-electron chi connectivity index (χ2n) is 6.03. The third kappa shape index (κ3) is 3.79. The number of nitrogens with one attached hydrogen (secondary N) is 1. The van der Waals surface area contributed by atoms with Crippen molar-refractivity contribution in [3.63, 3.8) is 0 Å². The Morgan fingerprint density at radius 3 is 2.67 bits per heavy atom. The maximum absolute atomic E-state index is 12.1. The molecule has 1 atom stereocenters. The fourth-order valence-electron chi connectivity index (χ4n) is 2.45. The molecule has 1 heterocycles. The van der Waals surface area contributed by atoms with E-state index in [1.54, 1.807) is 6.92 Å². The van der Waals surface area contributed by atoms with Crippen LogP contribution < -0.4 is 5.32 Å². The lowest BCUT2D eigenvalue weighted by Gasteiger charge is -2.12. The van der Waals surface area contributed by atoms with Crippen LogP contribution in [0.3, 0.4) is 0 Å². The molecule has 126 valence electrons. The Hall–Kier alpha value is -2.70. The van der Waals surface area contributed by atoms with Gasteiger partial charge in [-0.2, -0.15) is 9.90 Å². The molecule has 7 nitrogen and oxygen atoms in total. The maximum atomic E-state index is 12.1. The number of rotatable bonds is 6. The topological polar surface area (TPSA) is 86.1 Å². The summed E-state index contributed by atoms with van der Waals surface area (Å²) < 4.78 is 5.05. The minimum Gasteiger partial charge on any atom is -0.451 e. The quantitative estimate of drug-likeness (QED) is 0.815. The molecular weight excluding hydrogens is 308 g/mol. The van der Waals surface area contributed by atoms with Gasteiger partial charge in [0.25, 0.3) is 5.91 Å². The van der Waals surface area contributed by atoms with Crippen molar-refractivity contribution in [1.82, 2.24) is 20.3 Å². The molecule has 7 heteroatoms. The summed E-state index contributed by atoms with van der Waals surface area (Å²) in [6, 6.07) is 9.39. The maximum Gasteiger partial charge on any atom is 0.361 e. The van der Waals surface area contributed by atoms with Crippen molar-refractivity contribution >= 4 is 11.9 Å². The number of ether oxygens (including phenoxy) is 1. The molecule has 2 aromatic rings. The first-order valence-electron chi connectivity index (χ1n) is 8.00. The monoisotopic (exact) mass is 328 g/mol. The van der Waals surface area contributed by atoms with E-state index in [0.29, 0.717) is 11.6 Å². The number of esters is 1. The van der Waals surface area contributed by atoms with Gasteiger partial charge in [0.2, 0.25) is 0 Å². The zero-order chi connectivity index (χ0) is 17.1. The summed E-state index contributed by atoms with van der Waals surface area (Å²) in [5.74, 6) is -0.391. The Bertz CT molecular complexity index is 738. The lowest BCUT2D eigenvalue weighted by molar-refractivity contribution is -0.125. The van der Waals surface area contributed by atoms with Crippen molar-refractivity contribution in [2.75, 3.05) is 6.61 Å². The average molecular weight is 328 g/mol. The summed E-state index contributed by atoms with van der Waals surface area (Å²) in [5.41, 5.74) is 1.31. The minimum absolute atomic E-state index is 0.113. The first kappa shape index (κ1) is 16.2. The van der Waals surface area contributed by atoms with Gasteiger partial charge in [-0.3, -0.25) is 4.79 Å². The highest BCUT2D eigenvalue weighted by atomic mass is 16.5. The third-order valence-electron chi connectivity index (χ3n) is 4.01. The summed E-state index contributed by atoms with van der Waals surface area (Å²) in [6.45, 7) is 3.33. The Morgan fingerprint density at radius 2 is 2.00 bits per heavy atom. The van der Waals surface area contributed by atoms with Gasteiger partial charge in [0.1, 0.15) is 0 Å². The van der Waals surface area contributed by atoms with Crippen LogP contribution in [-0.4, -0.2) is 39.5 Å². The van der Waals surface area contributed by atoms with Gasteiger partial charge in [-0.15, -0.1) is 5.10 Å². The number of nitrogens with zero attached hydrogens (tertiary/aromatic N) is 3. The van der Waals surface area contributed by atoms with Gasteiger partial charge in [0.15, 0.2) is 12.3 Å². The van der Waals surface area contributed by atoms with E-state index >= 15 is 0 Å². The lowest BCUT2D eigenvalue weighted by Crippen LogP contribution is -2.37. The van der Waals surface area contributed by atoms with Gasteiger partial charge in [-0.1, -0.05) is 18.2 Å². The second-order valence-corrected chi connectivity index (χ2v) is 6.03. The average Bonchev–Trinajstić information content (AvgIpc) is 3.36. The molecule has 1 amide bonds. The van der Waals surface area contributed by atoms with Crippen LogP contribution in [0.1, 0.15) is 35.9 Å². The zero-order valence-electron chi connectivity index (χ0n) is 13.7. The highest BCUT2D eigenvalue weighted by molar-refractivity contribution is 5.90. The molecule has 0 unspecified atom stereocenters. The number of para-hydroxylation sites is 1. The molecular formula is C17H20N4O3. The van der Waals surface area contributed by atoms with Crippen LogP contribution in [0.15, 0.2) is 30.3 Å². The molecule has 1 N–H and O–H groups in total. The highest BCUT2D eigenvalue weighted by Gasteiger charge is 2.29. The van der Waals surface area contributed by atoms with Crippen molar-refractivity contribution in [3.05, 3.63) is 41.7 Å². The Labute approximate surface area is 140 Å². The van der Waals surface area contributed by atoms with Crippen LogP contribution in [0.2, 0.25) is 0 Å². The van der Waals surface area contributed by atoms with Crippen LogP contribution >= 0.6 is 0 Å². The van der Waals surface area contributed by atoms with Gasteiger partial charge in [-0.25, -0.2) is 4.79 Å². The number of benzene rings is 1. The predicted octanol–water partition coefficient (Wildman–Crippen LogP) is 1.65. The third-order valence-corrected chi connectivity index (χ3v) is 4.01. The van der Waals surface area contributed by atoms with E-state index in [9.17, 15) is 9.59 Å². The number of hydrogen-bond donors (Lipinski definition) is 1. The molecule has 1 saturated carbocycles. The Morgan fingerprint density at radius 1 is 1.29 bits per heavy atom. The fourth-order valence-corrected chi connectivity index (χ4v) is 2.45. The van der Waals surface area contributed by atoms with Crippen LogP contribution in [0.4, 0.5) is 0 Å². The molecule has 1 aromatic carbocycles. The van der Waals surface area contributed by atoms with Crippen LogP contribution in [-0.2, 0) is 9.53 Å². The molecule has 1 aromatic heterocycles. The van der Waals surface area contributed by atoms with Gasteiger partial charge >= 0.3 is 5.97 Å². The number of hydrogen-bond acceptors (Lipinski definition) is 5. The molecule has 0 spiro atoms. The highest BCUT2D eigenvalue weighted by Crippen LogP contribution is 2.32. The van der Waals surface area contributed by atoms with E-state index in [4.69, 9.17) is 4.74 Å². The fraction of sp³-hybridized carbons (Fsp3) is 0.412. The van der Waals surface area contributed by atoms with E-state index in [-0.39, 0.29) is 24.2 Å². The summed E-state index contributed by atoms with van der Waals surface area (Å²) >= 11 is 0. The van der Waals surface area contributed by atoms with Crippen molar-refractivity contribution in [2.24, 2.45) is 5.92 Å². The molecule has 24 heavy (non-hydrogen) atoms. The van der Waals surface area contributed by atoms with Crippen LogP contribution in [0.5, 0.6) is 0 Å². The van der Waals surface area contributed by atoms with Crippen molar-refractivity contribution in [2.45, 2.75) is 32.7 Å². The second kappa shape index (κ2) is 6.82. The number of carbonyl (C=O) groups is 2. The normalized spacial score (nSPS) is 14.9. The van der Waals surface area contributed by atoms with E-state index in [0.717, 1.165) is 18.5 Å². The van der Waals surface area contributed by atoms with Gasteiger partial charge in [0.05, 0.1) is 11.4 Å². The number of aryl methyl sites for hydroxylation is 1. The minimum atomic E-state index is -0.649. The summed E-state index contributed by atoms with van der Waals surface area (Å²) in [7, 11) is 0. The van der Waals surface area contributed by atoms with E-state index in [1.165, 1.54) is 4.80 Å². The standard InChI is InChI=1S/C17H20N4O3/c1-11(13-8-9-13)18-15(22)10-24-17(23)16-12(2)19-21(20-16)14-6-4-3-5-7-14/h3-7,11,13H,8-10H2,1-2H3,(H,18,22)/t11-/m1/s1. The molecule has 0 radical (unpaired) electrons. The molecule has 0 saturated heterocycles. The van der Waals surface area contributed by atoms with Gasteiger partial charge < -0.3 is 10.1 Å². The molecule has 1 aliphatic rings. The first-order chi connectivity index (χ1) is 11.5. The smallest absolute Gasteiger partial charge is 0.361 e. The van der Waals surface area contributed by atoms with E-state index in [1.807, 2.05) is 37.3 Å². The largest absolute Gasteiger partial charge is 0.451 e. The molecule has 0 bridgehead atoms. The number of amides is 1. The lowest BCUT2D eigenvalue weighted by atomic mass is 10.2. The van der Waals surface area contributed by atoms with E-state index in [2.05, 4.69) is 15.5 Å². The summed E-state index contributed by atoms with van der Waals surface area (Å²) in [6.07, 6.45) is 2.28. The Kier molecular flexibility index (Phi) is 4.59. The van der Waals surface area contributed by atoms with Crippen molar-refractivity contribution < 1.29 is 14.3 Å². The Balaban J connectivity index is 1.59. The molecule has 3 rings (SSSR count). The van der Waals surface area contributed by atoms with Gasteiger partial charge in [-0.05, 0) is 44.7 Å². The van der Waals surface area contributed by atoms with Crippen LogP contribution in [0.25, 0.3) is 5.69 Å². The zero-order valence-corrected chi connectivity index (χ0v) is 13.7. The molecule has 1 fully saturated rings. The number of aromatic nitrogens is 3. The van der Waals surface area contributed by atoms with Gasteiger partial charge in [0, 0.05) is 6.04 Å². The molecule has 0 aliphatic heterocycles. The van der Waals surface area contributed by atoms with Crippen molar-refractivity contribution in [1.29, 1.82) is 0 Å². The molecule has 1 aliphatic carbocycles. The van der Waals surface area contributed by atoms with Crippen molar-refractivity contribution in [3.8, 4) is 5.69 Å². The first-order valence-corrected chi connectivity index (χ1v) is 8.00. The summed E-state index contributed by atoms with van der Waals surface area (Å²) in [4.78, 5) is 25.3. The SMILES string of the molecule is Cc1nn(-c2ccccc2)nc1C(=O)OCC(=O)N[C@H](C)C1CC1. The predicted molar refractivity (Wildman–Crippen MR) is 86.7 cm³/mol. The van der Waals surface area contributed by atoms with E-state index < -0.39 is 5.97 Å². The number of carbonyl (C=O) groups excluding carboxylic acids is 2. The summed E-state index contributed by atoms with van der Waals surface area (Å²) in [5, 5.41) is 11.2.